The van der Waals surface area contributed by atoms with Crippen molar-refractivity contribution in [2.75, 3.05) is 0 Å². The van der Waals surface area contributed by atoms with Crippen molar-refractivity contribution in [3.05, 3.63) is 108 Å². The zero-order chi connectivity index (χ0) is 22.3. The van der Waals surface area contributed by atoms with Crippen molar-refractivity contribution in [3.63, 3.8) is 0 Å². The molecule has 1 aliphatic rings. The van der Waals surface area contributed by atoms with Gasteiger partial charge >= 0.3 is 0 Å². The fourth-order valence-electron chi connectivity index (χ4n) is 5.08. The molecule has 0 bridgehead atoms. The first kappa shape index (κ1) is 21.6. The summed E-state index contributed by atoms with van der Waals surface area (Å²) in [4.78, 5) is 0. The summed E-state index contributed by atoms with van der Waals surface area (Å²) in [5, 5.41) is 19.4. The zero-order valence-corrected chi connectivity index (χ0v) is 18.5. The van der Waals surface area contributed by atoms with E-state index in [4.69, 9.17) is 0 Å². The van der Waals surface area contributed by atoms with Crippen LogP contribution >= 0.6 is 0 Å². The molecule has 0 saturated carbocycles. The molecule has 3 aromatic rings. The van der Waals surface area contributed by atoms with Crippen LogP contribution in [0, 0.1) is 40.4 Å². The first-order valence-corrected chi connectivity index (χ1v) is 11.4. The summed E-state index contributed by atoms with van der Waals surface area (Å²) >= 11 is 0. The van der Waals surface area contributed by atoms with Gasteiger partial charge in [-0.25, -0.2) is 0 Å². The van der Waals surface area contributed by atoms with Gasteiger partial charge in [0.15, 0.2) is 0 Å². The summed E-state index contributed by atoms with van der Waals surface area (Å²) < 4.78 is 0. The second-order valence-electron chi connectivity index (χ2n) is 8.82. The molecule has 0 aliphatic heterocycles. The van der Waals surface area contributed by atoms with E-state index in [-0.39, 0.29) is 5.92 Å². The van der Waals surface area contributed by atoms with Crippen molar-refractivity contribution in [2.24, 2.45) is 17.8 Å². The highest BCUT2D eigenvalue weighted by molar-refractivity contribution is 5.91. The Labute approximate surface area is 191 Å². The Hall–Kier alpha value is -3.62. The molecular formula is C30H28N2. The van der Waals surface area contributed by atoms with Gasteiger partial charge in [-0.3, -0.25) is 0 Å². The average Bonchev–Trinajstić information content (AvgIpc) is 2.86. The highest BCUT2D eigenvalue weighted by atomic mass is 14.4. The van der Waals surface area contributed by atoms with E-state index in [2.05, 4.69) is 91.9 Å². The Balaban J connectivity index is 1.71. The van der Waals surface area contributed by atoms with Crippen LogP contribution in [-0.4, -0.2) is 0 Å². The Kier molecular flexibility index (Phi) is 6.84. The molecule has 0 aromatic heterocycles. The maximum absolute atomic E-state index is 9.69. The largest absolute Gasteiger partial charge is 0.197 e. The summed E-state index contributed by atoms with van der Waals surface area (Å²) in [6.07, 6.45) is 2.81. The number of nitrogens with zero attached hydrogens (tertiary/aromatic N) is 2. The Morgan fingerprint density at radius 1 is 0.719 bits per heavy atom. The molecule has 2 nitrogen and oxygen atoms in total. The van der Waals surface area contributed by atoms with Gasteiger partial charge in [-0.1, -0.05) is 97.9 Å². The lowest BCUT2D eigenvalue weighted by Gasteiger charge is -2.36. The molecule has 1 aliphatic carbocycles. The third kappa shape index (κ3) is 4.66. The van der Waals surface area contributed by atoms with Gasteiger partial charge in [0.05, 0.1) is 12.1 Å². The summed E-state index contributed by atoms with van der Waals surface area (Å²) in [7, 11) is 0. The second-order valence-corrected chi connectivity index (χ2v) is 8.82. The lowest BCUT2D eigenvalue weighted by atomic mass is 9.68. The van der Waals surface area contributed by atoms with E-state index in [1.807, 2.05) is 18.2 Å². The fourth-order valence-corrected chi connectivity index (χ4v) is 5.08. The van der Waals surface area contributed by atoms with Gasteiger partial charge in [-0.15, -0.1) is 0 Å². The predicted molar refractivity (Wildman–Crippen MR) is 130 cm³/mol. The summed E-state index contributed by atoms with van der Waals surface area (Å²) in [6.45, 7) is 2.32. The molecule has 32 heavy (non-hydrogen) atoms. The summed E-state index contributed by atoms with van der Waals surface area (Å²) in [5.74, 6) is 0.173. The lowest BCUT2D eigenvalue weighted by Crippen LogP contribution is -2.23. The number of rotatable bonds is 6. The minimum atomic E-state index is -0.635. The van der Waals surface area contributed by atoms with Crippen LogP contribution in [0.2, 0.25) is 0 Å². The van der Waals surface area contributed by atoms with Crippen LogP contribution in [0.5, 0.6) is 0 Å². The quantitative estimate of drug-likeness (QED) is 0.418. The van der Waals surface area contributed by atoms with E-state index in [0.717, 1.165) is 24.8 Å². The van der Waals surface area contributed by atoms with Crippen LogP contribution in [0.4, 0.5) is 0 Å². The van der Waals surface area contributed by atoms with Crippen LogP contribution in [0.15, 0.2) is 91.0 Å². The Morgan fingerprint density at radius 3 is 1.69 bits per heavy atom. The lowest BCUT2D eigenvalue weighted by molar-refractivity contribution is 0.305. The first-order valence-electron chi connectivity index (χ1n) is 11.4. The number of benzene rings is 3. The molecule has 2 heteroatoms. The molecule has 0 N–H and O–H groups in total. The Bertz CT molecular complexity index is 1120. The van der Waals surface area contributed by atoms with Crippen molar-refractivity contribution < 1.29 is 0 Å². The molecule has 0 heterocycles. The maximum Gasteiger partial charge on any atom is 0.140 e. The minimum absolute atomic E-state index is 0.0750. The predicted octanol–water partition coefficient (Wildman–Crippen LogP) is 7.48. The number of hydrogen-bond donors (Lipinski definition) is 0. The maximum atomic E-state index is 9.69. The normalized spacial score (nSPS) is 19.2. The van der Waals surface area contributed by atoms with Crippen LogP contribution in [-0.2, 0) is 0 Å². The zero-order valence-electron chi connectivity index (χ0n) is 18.5. The molecule has 3 atom stereocenters. The van der Waals surface area contributed by atoms with Crippen LogP contribution in [0.3, 0.4) is 0 Å². The molecule has 1 unspecified atom stereocenters. The van der Waals surface area contributed by atoms with Crippen molar-refractivity contribution >= 4 is 11.1 Å². The molecule has 0 amide bonds. The highest BCUT2D eigenvalue weighted by Crippen LogP contribution is 2.47. The fraction of sp³-hybridized carbons (Fsp3) is 0.267. The van der Waals surface area contributed by atoms with Crippen molar-refractivity contribution in [1.82, 2.24) is 0 Å². The first-order chi connectivity index (χ1) is 15.7. The van der Waals surface area contributed by atoms with E-state index in [1.165, 1.54) is 22.3 Å². The van der Waals surface area contributed by atoms with Gasteiger partial charge in [0.25, 0.3) is 0 Å². The average molecular weight is 417 g/mol. The molecule has 0 radical (unpaired) electrons. The molecule has 4 rings (SSSR count). The molecule has 0 fully saturated rings. The van der Waals surface area contributed by atoms with Crippen LogP contribution in [0.25, 0.3) is 11.1 Å². The standard InChI is InChI=1S/C30H28N2/c1-22-17-29(24-13-7-3-8-14-24)30(25-15-9-4-10-16-25)19-26(22)18-28(27(20-31)21-32)23-11-5-2-6-12-23/h2-16,22,26-28H,17-19H2,1H3/t22-,26+,28?/m1/s1. The summed E-state index contributed by atoms with van der Waals surface area (Å²) in [5.41, 5.74) is 6.48. The van der Waals surface area contributed by atoms with Gasteiger partial charge in [-0.2, -0.15) is 10.5 Å². The van der Waals surface area contributed by atoms with E-state index >= 15 is 0 Å². The van der Waals surface area contributed by atoms with Crippen molar-refractivity contribution in [3.8, 4) is 12.1 Å². The number of allylic oxidation sites excluding steroid dienone is 2. The third-order valence-electron chi connectivity index (χ3n) is 6.87. The van der Waals surface area contributed by atoms with Crippen molar-refractivity contribution in [2.45, 2.75) is 32.1 Å². The number of nitriles is 2. The highest BCUT2D eigenvalue weighted by Gasteiger charge is 2.33. The van der Waals surface area contributed by atoms with Gasteiger partial charge in [0.2, 0.25) is 0 Å². The summed E-state index contributed by atoms with van der Waals surface area (Å²) in [6, 6.07) is 36.0. The van der Waals surface area contributed by atoms with Gasteiger partial charge in [-0.05, 0) is 58.9 Å². The third-order valence-corrected chi connectivity index (χ3v) is 6.87. The molecular weight excluding hydrogens is 388 g/mol. The topological polar surface area (TPSA) is 47.6 Å². The van der Waals surface area contributed by atoms with Crippen LogP contribution < -0.4 is 0 Å². The van der Waals surface area contributed by atoms with Crippen LogP contribution in [0.1, 0.15) is 48.8 Å². The van der Waals surface area contributed by atoms with E-state index in [0.29, 0.717) is 11.8 Å². The van der Waals surface area contributed by atoms with Crippen molar-refractivity contribution in [1.29, 1.82) is 10.5 Å². The van der Waals surface area contributed by atoms with E-state index in [1.54, 1.807) is 0 Å². The number of hydrogen-bond acceptors (Lipinski definition) is 2. The van der Waals surface area contributed by atoms with Gasteiger partial charge in [0.1, 0.15) is 5.92 Å². The van der Waals surface area contributed by atoms with Gasteiger partial charge in [0, 0.05) is 5.92 Å². The monoisotopic (exact) mass is 416 g/mol. The SMILES string of the molecule is C[C@@H]1CC(c2ccccc2)=C(c2ccccc2)C[C@@H]1CC(c1ccccc1)C(C#N)C#N. The second kappa shape index (κ2) is 10.1. The minimum Gasteiger partial charge on any atom is -0.197 e. The molecule has 158 valence electrons. The molecule has 0 saturated heterocycles. The molecule has 3 aromatic carbocycles. The Morgan fingerprint density at radius 2 is 1.19 bits per heavy atom. The molecule has 0 spiro atoms. The van der Waals surface area contributed by atoms with Gasteiger partial charge < -0.3 is 0 Å². The smallest absolute Gasteiger partial charge is 0.140 e. The van der Waals surface area contributed by atoms with E-state index < -0.39 is 5.92 Å². The van der Waals surface area contributed by atoms with E-state index in [9.17, 15) is 10.5 Å².